The first kappa shape index (κ1) is 19.3. The number of nitrogens with zero attached hydrogens (tertiary/aromatic N) is 5. The van der Waals surface area contributed by atoms with Gasteiger partial charge in [0.05, 0.1) is 6.54 Å². The zero-order chi connectivity index (χ0) is 19.5. The van der Waals surface area contributed by atoms with Gasteiger partial charge in [-0.3, -0.25) is 13.9 Å². The van der Waals surface area contributed by atoms with E-state index in [-0.39, 0.29) is 5.56 Å². The quantitative estimate of drug-likeness (QED) is 0.625. The third-order valence-electron chi connectivity index (χ3n) is 5.56. The van der Waals surface area contributed by atoms with Crippen LogP contribution in [-0.2, 0) is 13.6 Å². The number of hydrogen-bond donors (Lipinski definition) is 1. The van der Waals surface area contributed by atoms with Crippen molar-refractivity contribution in [2.45, 2.75) is 56.0 Å². The third kappa shape index (κ3) is 3.78. The first-order valence-electron chi connectivity index (χ1n) is 10.2. The number of hydrogen-bond acceptors (Lipinski definition) is 6. The first-order chi connectivity index (χ1) is 13.7. The van der Waals surface area contributed by atoms with E-state index in [1.165, 1.54) is 32.1 Å². The second kappa shape index (κ2) is 8.58. The van der Waals surface area contributed by atoms with Gasteiger partial charge in [-0.25, -0.2) is 4.98 Å². The van der Waals surface area contributed by atoms with Crippen LogP contribution in [0.5, 0.6) is 0 Å². The van der Waals surface area contributed by atoms with Crippen molar-refractivity contribution in [2.75, 3.05) is 31.1 Å². The van der Waals surface area contributed by atoms with E-state index in [0.717, 1.165) is 37.3 Å². The summed E-state index contributed by atoms with van der Waals surface area (Å²) in [6, 6.07) is 0. The Morgan fingerprint density at radius 1 is 1.18 bits per heavy atom. The number of thioether (sulfide) groups is 1. The van der Waals surface area contributed by atoms with Gasteiger partial charge >= 0.3 is 0 Å². The molecule has 1 saturated heterocycles. The minimum atomic E-state index is -0.0323. The Labute approximate surface area is 169 Å². The van der Waals surface area contributed by atoms with Gasteiger partial charge in [-0.2, -0.15) is 4.98 Å². The van der Waals surface area contributed by atoms with E-state index in [1.54, 1.807) is 16.3 Å². The summed E-state index contributed by atoms with van der Waals surface area (Å²) in [6.07, 6.45) is 6.26. The van der Waals surface area contributed by atoms with Crippen molar-refractivity contribution in [1.29, 1.82) is 0 Å². The highest BCUT2D eigenvalue weighted by Crippen LogP contribution is 2.32. The molecule has 0 amide bonds. The second-order valence-electron chi connectivity index (χ2n) is 7.47. The highest BCUT2D eigenvalue weighted by atomic mass is 32.2. The Balaban J connectivity index is 1.77. The monoisotopic (exact) mass is 400 g/mol. The van der Waals surface area contributed by atoms with Crippen molar-refractivity contribution in [3.8, 4) is 11.8 Å². The fraction of sp³-hybridized carbons (Fsp3) is 0.650. The predicted octanol–water partition coefficient (Wildman–Crippen LogP) is 1.99. The van der Waals surface area contributed by atoms with Crippen LogP contribution in [0.2, 0.25) is 0 Å². The summed E-state index contributed by atoms with van der Waals surface area (Å²) in [5.74, 6) is 6.85. The molecule has 2 aromatic heterocycles. The lowest BCUT2D eigenvalue weighted by Crippen LogP contribution is -2.44. The maximum atomic E-state index is 13.2. The maximum absolute atomic E-state index is 13.2. The van der Waals surface area contributed by atoms with E-state index >= 15 is 0 Å². The summed E-state index contributed by atoms with van der Waals surface area (Å²) in [7, 11) is 1.83. The molecule has 2 aliphatic rings. The highest BCUT2D eigenvalue weighted by Gasteiger charge is 2.24. The van der Waals surface area contributed by atoms with Crippen LogP contribution in [0.15, 0.2) is 9.95 Å². The largest absolute Gasteiger partial charge is 0.340 e. The number of rotatable bonds is 4. The molecule has 0 radical (unpaired) electrons. The molecule has 0 aromatic carbocycles. The predicted molar refractivity (Wildman–Crippen MR) is 114 cm³/mol. The van der Waals surface area contributed by atoms with Crippen LogP contribution in [0, 0.1) is 11.8 Å². The molecular weight excluding hydrogens is 372 g/mol. The molecular formula is C20H28N6OS. The third-order valence-corrected chi connectivity index (χ3v) is 6.94. The van der Waals surface area contributed by atoms with Crippen molar-refractivity contribution < 1.29 is 0 Å². The summed E-state index contributed by atoms with van der Waals surface area (Å²) in [5, 5.41) is 4.69. The average Bonchev–Trinajstić information content (AvgIpc) is 3.10. The van der Waals surface area contributed by atoms with Gasteiger partial charge in [0.2, 0.25) is 5.95 Å². The molecule has 2 aromatic rings. The normalized spacial score (nSPS) is 18.3. The van der Waals surface area contributed by atoms with Gasteiger partial charge in [0.25, 0.3) is 5.56 Å². The molecule has 0 spiro atoms. The Bertz CT molecular complexity index is 957. The fourth-order valence-electron chi connectivity index (χ4n) is 3.98. The minimum Gasteiger partial charge on any atom is -0.340 e. The number of fused-ring (bicyclic) bond motifs is 1. The summed E-state index contributed by atoms with van der Waals surface area (Å²) >= 11 is 1.74. The molecule has 0 atom stereocenters. The topological polar surface area (TPSA) is 68.0 Å². The molecule has 1 saturated carbocycles. The number of aromatic nitrogens is 4. The van der Waals surface area contributed by atoms with Crippen LogP contribution in [0.25, 0.3) is 11.2 Å². The Morgan fingerprint density at radius 2 is 1.93 bits per heavy atom. The van der Waals surface area contributed by atoms with Gasteiger partial charge in [0.15, 0.2) is 16.3 Å². The van der Waals surface area contributed by atoms with Crippen molar-refractivity contribution in [1.82, 2.24) is 24.4 Å². The van der Waals surface area contributed by atoms with E-state index < -0.39 is 0 Å². The van der Waals surface area contributed by atoms with Crippen LogP contribution in [0.1, 0.15) is 39.0 Å². The van der Waals surface area contributed by atoms with Gasteiger partial charge in [-0.05, 0) is 19.8 Å². The first-order valence-corrected chi connectivity index (χ1v) is 11.1. The second-order valence-corrected chi connectivity index (χ2v) is 8.74. The SMILES string of the molecule is CC#CCn1c(N2CCNCC2)nc2nc(SC3CCCCC3)n(C)c(=O)c21. The molecule has 7 nitrogen and oxygen atoms in total. The molecule has 2 fully saturated rings. The van der Waals surface area contributed by atoms with E-state index in [2.05, 4.69) is 22.1 Å². The van der Waals surface area contributed by atoms with Crippen molar-refractivity contribution in [3.63, 3.8) is 0 Å². The minimum absolute atomic E-state index is 0.0323. The summed E-state index contributed by atoms with van der Waals surface area (Å²) in [6.45, 7) is 5.84. The van der Waals surface area contributed by atoms with Gasteiger partial charge in [0, 0.05) is 38.5 Å². The molecule has 28 heavy (non-hydrogen) atoms. The standard InChI is InChI=1S/C20H28N6OS/c1-3-4-12-26-16-17(22-19(26)25-13-10-21-11-14-25)23-20(24(2)18(16)27)28-15-8-6-5-7-9-15/h15,21H,5-14H2,1-2H3. The summed E-state index contributed by atoms with van der Waals surface area (Å²) < 4.78 is 3.64. The number of piperazine rings is 1. The van der Waals surface area contributed by atoms with Gasteiger partial charge in [-0.15, -0.1) is 5.92 Å². The Hall–Kier alpha value is -1.98. The van der Waals surface area contributed by atoms with Crippen LogP contribution >= 0.6 is 11.8 Å². The van der Waals surface area contributed by atoms with Crippen LogP contribution in [0.3, 0.4) is 0 Å². The van der Waals surface area contributed by atoms with Crippen molar-refractivity contribution >= 4 is 28.9 Å². The van der Waals surface area contributed by atoms with E-state index in [9.17, 15) is 4.79 Å². The Kier molecular flexibility index (Phi) is 5.93. The highest BCUT2D eigenvalue weighted by molar-refractivity contribution is 7.99. The molecule has 1 N–H and O–H groups in total. The van der Waals surface area contributed by atoms with Crippen LogP contribution < -0.4 is 15.8 Å². The molecule has 1 aliphatic carbocycles. The van der Waals surface area contributed by atoms with E-state index in [0.29, 0.717) is 23.0 Å². The molecule has 0 bridgehead atoms. The lowest BCUT2D eigenvalue weighted by molar-refractivity contribution is 0.514. The molecule has 150 valence electrons. The van der Waals surface area contributed by atoms with Crippen LogP contribution in [-0.4, -0.2) is 50.5 Å². The molecule has 3 heterocycles. The lowest BCUT2D eigenvalue weighted by atomic mass is 10.0. The summed E-state index contributed by atoms with van der Waals surface area (Å²) in [5.41, 5.74) is 1.08. The molecule has 1 aliphatic heterocycles. The van der Waals surface area contributed by atoms with E-state index in [4.69, 9.17) is 9.97 Å². The van der Waals surface area contributed by atoms with Gasteiger partial charge in [0.1, 0.15) is 0 Å². The molecule has 4 rings (SSSR count). The average molecular weight is 401 g/mol. The molecule has 8 heteroatoms. The Morgan fingerprint density at radius 3 is 2.64 bits per heavy atom. The maximum Gasteiger partial charge on any atom is 0.280 e. The molecule has 0 unspecified atom stereocenters. The number of anilines is 1. The fourth-order valence-corrected chi connectivity index (χ4v) is 5.23. The van der Waals surface area contributed by atoms with Gasteiger partial charge in [-0.1, -0.05) is 36.9 Å². The van der Waals surface area contributed by atoms with Crippen molar-refractivity contribution in [2.24, 2.45) is 7.05 Å². The smallest absolute Gasteiger partial charge is 0.280 e. The zero-order valence-electron chi connectivity index (χ0n) is 16.7. The number of imidazole rings is 1. The van der Waals surface area contributed by atoms with Gasteiger partial charge < -0.3 is 10.2 Å². The van der Waals surface area contributed by atoms with E-state index in [1.807, 2.05) is 18.5 Å². The van der Waals surface area contributed by atoms with Crippen molar-refractivity contribution in [3.05, 3.63) is 10.4 Å². The lowest BCUT2D eigenvalue weighted by Gasteiger charge is -2.28. The van der Waals surface area contributed by atoms with Crippen LogP contribution in [0.4, 0.5) is 5.95 Å². The zero-order valence-corrected chi connectivity index (χ0v) is 17.5. The summed E-state index contributed by atoms with van der Waals surface area (Å²) in [4.78, 5) is 25.1. The number of nitrogens with one attached hydrogen (secondary N) is 1.